The van der Waals surface area contributed by atoms with E-state index in [1.165, 1.54) is 41.5 Å². The van der Waals surface area contributed by atoms with E-state index >= 15 is 0 Å². The molecule has 1 aromatic carbocycles. The van der Waals surface area contributed by atoms with Crippen LogP contribution in [0.2, 0.25) is 0 Å². The predicted molar refractivity (Wildman–Crippen MR) is 105 cm³/mol. The molecule has 0 aromatic heterocycles. The smallest absolute Gasteiger partial charge is 0.308 e. The van der Waals surface area contributed by atoms with Crippen molar-refractivity contribution in [3.8, 4) is 0 Å². The summed E-state index contributed by atoms with van der Waals surface area (Å²) in [6.45, 7) is 11.2. The van der Waals surface area contributed by atoms with E-state index < -0.39 is 0 Å². The maximum atomic E-state index is 11.8. The molecule has 25 heavy (non-hydrogen) atoms. The summed E-state index contributed by atoms with van der Waals surface area (Å²) in [4.78, 5) is 11.8. The van der Waals surface area contributed by atoms with Crippen molar-refractivity contribution in [2.45, 2.75) is 60.3 Å². The third-order valence-electron chi connectivity index (χ3n) is 5.17. The fraction of sp³-hybridized carbons (Fsp3) is 0.522. The molecule has 0 saturated carbocycles. The Morgan fingerprint density at radius 3 is 2.76 bits per heavy atom. The van der Waals surface area contributed by atoms with Gasteiger partial charge < -0.3 is 4.74 Å². The van der Waals surface area contributed by atoms with Crippen LogP contribution >= 0.6 is 0 Å². The number of carbonyl (C=O) groups excluding carboxylic acids is 1. The highest BCUT2D eigenvalue weighted by Crippen LogP contribution is 2.40. The number of esters is 1. The minimum atomic E-state index is -0.117. The van der Waals surface area contributed by atoms with Crippen molar-refractivity contribution in [1.82, 2.24) is 0 Å². The standard InChI is InChI=1S/C23H32O2/c1-6-25-22(24)18(3)15-20-11-7-10-19(16-20)12-13-21-17(2)9-8-14-23(21,4)5/h7,10-13,16,18H,6,8-9,14-15H2,1-5H3/b13-12+. The lowest BCUT2D eigenvalue weighted by Gasteiger charge is -2.32. The molecule has 0 fully saturated rings. The van der Waals surface area contributed by atoms with Crippen LogP contribution < -0.4 is 0 Å². The first kappa shape index (κ1) is 19.5. The number of allylic oxidation sites excluding steroid dienone is 3. The molecule has 0 heterocycles. The number of hydrogen-bond donors (Lipinski definition) is 0. The lowest BCUT2D eigenvalue weighted by atomic mass is 9.72. The van der Waals surface area contributed by atoms with Crippen LogP contribution in [0.15, 0.2) is 41.5 Å². The molecule has 0 N–H and O–H groups in total. The van der Waals surface area contributed by atoms with Gasteiger partial charge in [-0.15, -0.1) is 0 Å². The van der Waals surface area contributed by atoms with Crippen molar-refractivity contribution < 1.29 is 9.53 Å². The summed E-state index contributed by atoms with van der Waals surface area (Å²) >= 11 is 0. The van der Waals surface area contributed by atoms with Gasteiger partial charge in [-0.3, -0.25) is 4.79 Å². The Hall–Kier alpha value is -1.83. The van der Waals surface area contributed by atoms with Crippen LogP contribution in [0.1, 0.15) is 65.0 Å². The lowest BCUT2D eigenvalue weighted by molar-refractivity contribution is -0.147. The highest BCUT2D eigenvalue weighted by molar-refractivity contribution is 5.72. The first-order valence-electron chi connectivity index (χ1n) is 9.47. The van der Waals surface area contributed by atoms with E-state index in [0.717, 1.165) is 0 Å². The minimum Gasteiger partial charge on any atom is -0.466 e. The molecule has 1 unspecified atom stereocenters. The highest BCUT2D eigenvalue weighted by Gasteiger charge is 2.26. The van der Waals surface area contributed by atoms with E-state index in [-0.39, 0.29) is 17.3 Å². The van der Waals surface area contributed by atoms with E-state index in [2.05, 4.69) is 57.2 Å². The number of carbonyl (C=O) groups is 1. The van der Waals surface area contributed by atoms with Crippen LogP contribution in [-0.2, 0) is 16.0 Å². The normalized spacial score (nSPS) is 18.4. The molecule has 2 rings (SSSR count). The van der Waals surface area contributed by atoms with Crippen molar-refractivity contribution >= 4 is 12.0 Å². The summed E-state index contributed by atoms with van der Waals surface area (Å²) in [5.41, 5.74) is 5.62. The fourth-order valence-electron chi connectivity index (χ4n) is 3.74. The summed E-state index contributed by atoms with van der Waals surface area (Å²) in [7, 11) is 0. The van der Waals surface area contributed by atoms with Crippen LogP contribution in [0, 0.1) is 11.3 Å². The van der Waals surface area contributed by atoms with Gasteiger partial charge in [-0.2, -0.15) is 0 Å². The maximum absolute atomic E-state index is 11.8. The second kappa shape index (κ2) is 8.51. The zero-order valence-electron chi connectivity index (χ0n) is 16.4. The Kier molecular flexibility index (Phi) is 6.64. The molecule has 0 amide bonds. The quantitative estimate of drug-likeness (QED) is 0.596. The van der Waals surface area contributed by atoms with Crippen LogP contribution in [0.25, 0.3) is 6.08 Å². The molecule has 136 valence electrons. The van der Waals surface area contributed by atoms with Crippen molar-refractivity contribution in [3.63, 3.8) is 0 Å². The Balaban J connectivity index is 2.12. The average Bonchev–Trinajstić information content (AvgIpc) is 2.54. The van der Waals surface area contributed by atoms with Crippen molar-refractivity contribution in [3.05, 3.63) is 52.6 Å². The monoisotopic (exact) mass is 340 g/mol. The van der Waals surface area contributed by atoms with Crippen LogP contribution in [0.3, 0.4) is 0 Å². The third kappa shape index (κ3) is 5.32. The molecular formula is C23H32O2. The SMILES string of the molecule is CCOC(=O)C(C)Cc1cccc(/C=C/C2=C(C)CCCC2(C)C)c1. The maximum Gasteiger partial charge on any atom is 0.308 e. The molecule has 1 aliphatic carbocycles. The highest BCUT2D eigenvalue weighted by atomic mass is 16.5. The Morgan fingerprint density at radius 1 is 1.32 bits per heavy atom. The second-order valence-corrected chi connectivity index (χ2v) is 7.87. The summed E-state index contributed by atoms with van der Waals surface area (Å²) in [6.07, 6.45) is 8.97. The molecule has 0 bridgehead atoms. The Labute approximate surface area is 153 Å². The molecule has 0 spiro atoms. The van der Waals surface area contributed by atoms with Gasteiger partial charge in [0, 0.05) is 0 Å². The van der Waals surface area contributed by atoms with Crippen molar-refractivity contribution in [2.24, 2.45) is 11.3 Å². The summed E-state index contributed by atoms with van der Waals surface area (Å²) in [5, 5.41) is 0. The van der Waals surface area contributed by atoms with Gasteiger partial charge in [0.05, 0.1) is 12.5 Å². The number of ether oxygens (including phenoxy) is 1. The first-order valence-corrected chi connectivity index (χ1v) is 9.47. The number of benzene rings is 1. The van der Waals surface area contributed by atoms with Gasteiger partial charge in [-0.1, -0.05) is 62.8 Å². The van der Waals surface area contributed by atoms with Gasteiger partial charge >= 0.3 is 5.97 Å². The predicted octanol–water partition coefficient (Wildman–Crippen LogP) is 5.97. The Morgan fingerprint density at radius 2 is 2.08 bits per heavy atom. The van der Waals surface area contributed by atoms with Gasteiger partial charge in [0.1, 0.15) is 0 Å². The lowest BCUT2D eigenvalue weighted by Crippen LogP contribution is -2.18. The van der Waals surface area contributed by atoms with E-state index in [1.54, 1.807) is 0 Å². The van der Waals surface area contributed by atoms with Crippen LogP contribution in [-0.4, -0.2) is 12.6 Å². The van der Waals surface area contributed by atoms with Crippen LogP contribution in [0.5, 0.6) is 0 Å². The van der Waals surface area contributed by atoms with E-state index in [9.17, 15) is 4.79 Å². The average molecular weight is 341 g/mol. The zero-order valence-corrected chi connectivity index (χ0v) is 16.4. The van der Waals surface area contributed by atoms with E-state index in [1.807, 2.05) is 13.8 Å². The fourth-order valence-corrected chi connectivity index (χ4v) is 3.74. The van der Waals surface area contributed by atoms with Gasteiger partial charge in [0.25, 0.3) is 0 Å². The molecule has 0 aliphatic heterocycles. The van der Waals surface area contributed by atoms with Crippen LogP contribution in [0.4, 0.5) is 0 Å². The Bertz CT molecular complexity index is 664. The van der Waals surface area contributed by atoms with Crippen molar-refractivity contribution in [2.75, 3.05) is 6.61 Å². The van der Waals surface area contributed by atoms with E-state index in [4.69, 9.17) is 4.74 Å². The van der Waals surface area contributed by atoms with E-state index in [0.29, 0.717) is 13.0 Å². The second-order valence-electron chi connectivity index (χ2n) is 7.87. The summed E-state index contributed by atoms with van der Waals surface area (Å²) in [5.74, 6) is -0.227. The molecule has 0 saturated heterocycles. The molecule has 1 atom stereocenters. The van der Waals surface area contributed by atoms with Crippen molar-refractivity contribution in [1.29, 1.82) is 0 Å². The third-order valence-corrected chi connectivity index (χ3v) is 5.17. The van der Waals surface area contributed by atoms with Gasteiger partial charge in [0.2, 0.25) is 0 Å². The molecule has 1 aliphatic rings. The molecule has 1 aromatic rings. The number of hydrogen-bond acceptors (Lipinski definition) is 2. The zero-order chi connectivity index (χ0) is 18.4. The molecule has 2 heteroatoms. The summed E-state index contributed by atoms with van der Waals surface area (Å²) in [6, 6.07) is 8.46. The number of rotatable bonds is 6. The minimum absolute atomic E-state index is 0.110. The molecular weight excluding hydrogens is 308 g/mol. The van der Waals surface area contributed by atoms with Gasteiger partial charge in [-0.25, -0.2) is 0 Å². The molecule has 0 radical (unpaired) electrons. The van der Waals surface area contributed by atoms with Gasteiger partial charge in [0.15, 0.2) is 0 Å². The summed E-state index contributed by atoms with van der Waals surface area (Å²) < 4.78 is 5.11. The topological polar surface area (TPSA) is 26.3 Å². The molecule has 2 nitrogen and oxygen atoms in total. The largest absolute Gasteiger partial charge is 0.466 e. The first-order chi connectivity index (χ1) is 11.8. The van der Waals surface area contributed by atoms with Gasteiger partial charge in [-0.05, 0) is 61.6 Å².